The molecule has 1 aliphatic heterocycles. The fourth-order valence-corrected chi connectivity index (χ4v) is 2.21. The van der Waals surface area contributed by atoms with Gasteiger partial charge in [0.25, 0.3) is 0 Å². The molecule has 1 saturated heterocycles. The molecule has 5 heteroatoms. The fourth-order valence-electron chi connectivity index (χ4n) is 2.21. The molecule has 5 nitrogen and oxygen atoms in total. The summed E-state index contributed by atoms with van der Waals surface area (Å²) < 4.78 is 0. The molecule has 17 heavy (non-hydrogen) atoms. The van der Waals surface area contributed by atoms with Crippen molar-refractivity contribution in [2.75, 3.05) is 13.1 Å². The third kappa shape index (κ3) is 4.00. The first kappa shape index (κ1) is 14.0. The molecule has 1 rings (SSSR count). The van der Waals surface area contributed by atoms with Crippen molar-refractivity contribution in [1.29, 1.82) is 0 Å². The van der Waals surface area contributed by atoms with Crippen LogP contribution in [0.1, 0.15) is 33.6 Å². The predicted molar refractivity (Wildman–Crippen MR) is 64.7 cm³/mol. The van der Waals surface area contributed by atoms with Crippen LogP contribution in [0.15, 0.2) is 0 Å². The van der Waals surface area contributed by atoms with Gasteiger partial charge in [-0.15, -0.1) is 0 Å². The summed E-state index contributed by atoms with van der Waals surface area (Å²) in [7, 11) is 0. The van der Waals surface area contributed by atoms with Crippen LogP contribution in [0, 0.1) is 5.92 Å². The van der Waals surface area contributed by atoms with Crippen molar-refractivity contribution >= 4 is 11.9 Å². The third-order valence-corrected chi connectivity index (χ3v) is 3.03. The maximum atomic E-state index is 12.2. The second-order valence-corrected chi connectivity index (χ2v) is 5.11. The summed E-state index contributed by atoms with van der Waals surface area (Å²) in [5.41, 5.74) is 0. The van der Waals surface area contributed by atoms with Gasteiger partial charge in [-0.25, -0.2) is 0 Å². The second kappa shape index (κ2) is 6.00. The van der Waals surface area contributed by atoms with E-state index < -0.39 is 5.97 Å². The average molecular weight is 242 g/mol. The number of nitrogens with zero attached hydrogens (tertiary/aromatic N) is 1. The van der Waals surface area contributed by atoms with Crippen LogP contribution in [-0.4, -0.2) is 47.1 Å². The van der Waals surface area contributed by atoms with E-state index in [0.717, 1.165) is 13.0 Å². The van der Waals surface area contributed by atoms with E-state index in [9.17, 15) is 9.59 Å². The van der Waals surface area contributed by atoms with Gasteiger partial charge >= 0.3 is 5.97 Å². The van der Waals surface area contributed by atoms with Gasteiger partial charge in [0, 0.05) is 19.1 Å². The third-order valence-electron chi connectivity index (χ3n) is 3.03. The van der Waals surface area contributed by atoms with Crippen LogP contribution in [0.2, 0.25) is 0 Å². The highest BCUT2D eigenvalue weighted by Crippen LogP contribution is 2.14. The van der Waals surface area contributed by atoms with Gasteiger partial charge in [-0.2, -0.15) is 0 Å². The van der Waals surface area contributed by atoms with E-state index in [1.165, 1.54) is 0 Å². The molecule has 0 radical (unpaired) electrons. The Morgan fingerprint density at radius 3 is 2.71 bits per heavy atom. The molecule has 98 valence electrons. The number of rotatable bonds is 5. The molecule has 2 atom stereocenters. The monoisotopic (exact) mass is 242 g/mol. The fraction of sp³-hybridized carbons (Fsp3) is 0.833. The minimum absolute atomic E-state index is 0.0140. The first-order valence-electron chi connectivity index (χ1n) is 6.17. The van der Waals surface area contributed by atoms with E-state index in [-0.39, 0.29) is 24.4 Å². The van der Waals surface area contributed by atoms with E-state index >= 15 is 0 Å². The quantitative estimate of drug-likeness (QED) is 0.744. The Kier molecular flexibility index (Phi) is 4.93. The van der Waals surface area contributed by atoms with Gasteiger partial charge in [0.2, 0.25) is 5.91 Å². The molecule has 2 N–H and O–H groups in total. The first-order valence-corrected chi connectivity index (χ1v) is 6.17. The molecular formula is C12H22N2O3. The van der Waals surface area contributed by atoms with Gasteiger partial charge in [0.1, 0.15) is 0 Å². The van der Waals surface area contributed by atoms with E-state index in [2.05, 4.69) is 19.2 Å². The summed E-state index contributed by atoms with van der Waals surface area (Å²) in [5, 5.41) is 12.0. The number of hydrogen-bond donors (Lipinski definition) is 2. The Balaban J connectivity index is 2.61. The predicted octanol–water partition coefficient (Wildman–Crippen LogP) is 0.696. The van der Waals surface area contributed by atoms with Crippen molar-refractivity contribution in [3.8, 4) is 0 Å². The topological polar surface area (TPSA) is 69.6 Å². The SMILES string of the molecule is CC(C)CC1NCCN(C(C)CC(=O)O)C1=O. The zero-order valence-electron chi connectivity index (χ0n) is 10.8. The largest absolute Gasteiger partial charge is 0.481 e. The molecule has 0 spiro atoms. The van der Waals surface area contributed by atoms with Crippen LogP contribution in [0.3, 0.4) is 0 Å². The van der Waals surface area contributed by atoms with Crippen molar-refractivity contribution < 1.29 is 14.7 Å². The lowest BCUT2D eigenvalue weighted by Crippen LogP contribution is -2.58. The molecule has 0 aromatic rings. The number of carboxylic acid groups (broad SMARTS) is 1. The van der Waals surface area contributed by atoms with Gasteiger partial charge in [0.15, 0.2) is 0 Å². The molecule has 2 unspecified atom stereocenters. The highest BCUT2D eigenvalue weighted by Gasteiger charge is 2.32. The number of hydrogen-bond acceptors (Lipinski definition) is 3. The van der Waals surface area contributed by atoms with Crippen molar-refractivity contribution in [3.63, 3.8) is 0 Å². The number of carboxylic acids is 1. The highest BCUT2D eigenvalue weighted by atomic mass is 16.4. The summed E-state index contributed by atoms with van der Waals surface area (Å²) >= 11 is 0. The number of nitrogens with one attached hydrogen (secondary N) is 1. The normalized spacial score (nSPS) is 22.9. The number of piperazine rings is 1. The van der Waals surface area contributed by atoms with Crippen LogP contribution in [0.5, 0.6) is 0 Å². The van der Waals surface area contributed by atoms with E-state index in [4.69, 9.17) is 5.11 Å². The second-order valence-electron chi connectivity index (χ2n) is 5.11. The Bertz CT molecular complexity index is 291. The van der Waals surface area contributed by atoms with Gasteiger partial charge in [-0.1, -0.05) is 13.8 Å². The smallest absolute Gasteiger partial charge is 0.305 e. The molecule has 0 aromatic heterocycles. The molecular weight excluding hydrogens is 220 g/mol. The van der Waals surface area contributed by atoms with Crippen LogP contribution in [0.4, 0.5) is 0 Å². The first-order chi connectivity index (χ1) is 7.91. The summed E-state index contributed by atoms with van der Waals surface area (Å²) in [6.07, 6.45) is 0.815. The summed E-state index contributed by atoms with van der Waals surface area (Å²) in [6.45, 7) is 7.29. The maximum absolute atomic E-state index is 12.2. The van der Waals surface area contributed by atoms with E-state index in [0.29, 0.717) is 12.5 Å². The standard InChI is InChI=1S/C12H22N2O3/c1-8(2)6-10-12(17)14(5-4-13-10)9(3)7-11(15)16/h8-10,13H,4-7H2,1-3H3,(H,15,16). The molecule has 0 aliphatic carbocycles. The minimum atomic E-state index is -0.857. The van der Waals surface area contributed by atoms with Gasteiger partial charge in [0.05, 0.1) is 12.5 Å². The molecule has 1 amide bonds. The summed E-state index contributed by atoms with van der Waals surface area (Å²) in [6, 6.07) is -0.378. The van der Waals surface area contributed by atoms with Gasteiger partial charge in [-0.05, 0) is 19.3 Å². The number of carbonyl (C=O) groups is 2. The molecule has 1 heterocycles. The maximum Gasteiger partial charge on any atom is 0.305 e. The van der Waals surface area contributed by atoms with Gasteiger partial charge < -0.3 is 15.3 Å². The van der Waals surface area contributed by atoms with Crippen LogP contribution in [0.25, 0.3) is 0 Å². The lowest BCUT2D eigenvalue weighted by Gasteiger charge is -2.37. The summed E-state index contributed by atoms with van der Waals surface area (Å²) in [4.78, 5) is 24.5. The zero-order chi connectivity index (χ0) is 13.0. The van der Waals surface area contributed by atoms with E-state index in [1.807, 2.05) is 0 Å². The lowest BCUT2D eigenvalue weighted by molar-refractivity contribution is -0.142. The van der Waals surface area contributed by atoms with Gasteiger partial charge in [-0.3, -0.25) is 9.59 Å². The molecule has 1 fully saturated rings. The zero-order valence-corrected chi connectivity index (χ0v) is 10.8. The number of carbonyl (C=O) groups excluding carboxylic acids is 1. The Hall–Kier alpha value is -1.10. The highest BCUT2D eigenvalue weighted by molar-refractivity contribution is 5.83. The Labute approximate surface area is 102 Å². The Morgan fingerprint density at radius 2 is 2.18 bits per heavy atom. The Morgan fingerprint density at radius 1 is 1.53 bits per heavy atom. The lowest BCUT2D eigenvalue weighted by atomic mass is 10.00. The average Bonchev–Trinajstić information content (AvgIpc) is 2.19. The summed E-state index contributed by atoms with van der Waals surface area (Å²) in [5.74, 6) is -0.367. The van der Waals surface area contributed by atoms with Crippen molar-refractivity contribution in [1.82, 2.24) is 10.2 Å². The minimum Gasteiger partial charge on any atom is -0.481 e. The van der Waals surface area contributed by atoms with Crippen LogP contribution >= 0.6 is 0 Å². The molecule has 1 aliphatic rings. The van der Waals surface area contributed by atoms with Crippen molar-refractivity contribution in [2.24, 2.45) is 5.92 Å². The molecule has 0 aromatic carbocycles. The molecule has 0 bridgehead atoms. The van der Waals surface area contributed by atoms with Crippen molar-refractivity contribution in [3.05, 3.63) is 0 Å². The molecule has 0 saturated carbocycles. The van der Waals surface area contributed by atoms with Crippen molar-refractivity contribution in [2.45, 2.75) is 45.7 Å². The number of amides is 1. The van der Waals surface area contributed by atoms with E-state index in [1.54, 1.807) is 11.8 Å². The number of aliphatic carboxylic acids is 1. The van der Waals surface area contributed by atoms with Crippen LogP contribution in [-0.2, 0) is 9.59 Å². The van der Waals surface area contributed by atoms with Crippen LogP contribution < -0.4 is 5.32 Å².